The van der Waals surface area contributed by atoms with Gasteiger partial charge in [-0.05, 0) is 66.1 Å². The molecule has 0 saturated heterocycles. The second-order valence-corrected chi connectivity index (χ2v) is 11.4. The summed E-state index contributed by atoms with van der Waals surface area (Å²) in [6.07, 6.45) is 1.85. The second kappa shape index (κ2) is 11.9. The van der Waals surface area contributed by atoms with Crippen LogP contribution < -0.4 is 34.4 Å². The number of allylic oxidation sites excluding steroid dienone is 1. The number of hydrogen-bond donors (Lipinski definition) is 1. The van der Waals surface area contributed by atoms with Gasteiger partial charge in [-0.1, -0.05) is 65.9 Å². The Bertz CT molecular complexity index is 2140. The summed E-state index contributed by atoms with van der Waals surface area (Å²) in [5, 5.41) is 5.04. The van der Waals surface area contributed by atoms with Crippen molar-refractivity contribution in [2.24, 2.45) is 4.99 Å². The van der Waals surface area contributed by atoms with Gasteiger partial charge in [-0.15, -0.1) is 0 Å². The van der Waals surface area contributed by atoms with Gasteiger partial charge < -0.3 is 19.5 Å². The number of para-hydroxylation sites is 1. The zero-order chi connectivity index (χ0) is 31.0. The Labute approximate surface area is 258 Å². The molecule has 4 aromatic carbocycles. The summed E-state index contributed by atoms with van der Waals surface area (Å²) in [6.45, 7) is 3.73. The van der Waals surface area contributed by atoms with Gasteiger partial charge in [-0.3, -0.25) is 14.2 Å². The second-order valence-electron chi connectivity index (χ2n) is 10.4. The van der Waals surface area contributed by atoms with E-state index in [0.29, 0.717) is 49.1 Å². The number of nitrogens with zero attached hydrogens (tertiary/aromatic N) is 2. The van der Waals surface area contributed by atoms with Crippen LogP contribution in [0.1, 0.15) is 29.7 Å². The molecule has 9 heteroatoms. The van der Waals surface area contributed by atoms with Gasteiger partial charge in [0.1, 0.15) is 5.75 Å². The predicted octanol–water partition coefficient (Wildman–Crippen LogP) is 5.36. The van der Waals surface area contributed by atoms with Crippen molar-refractivity contribution >= 4 is 39.8 Å². The fourth-order valence-electron chi connectivity index (χ4n) is 5.59. The van der Waals surface area contributed by atoms with Crippen LogP contribution in [0.25, 0.3) is 16.8 Å². The first-order chi connectivity index (χ1) is 21.3. The fraction of sp³-hybridized carbons (Fsp3) is 0.171. The molecule has 1 atom stereocenters. The van der Waals surface area contributed by atoms with Gasteiger partial charge in [-0.25, -0.2) is 4.99 Å². The van der Waals surface area contributed by atoms with E-state index in [1.807, 2.05) is 79.7 Å². The summed E-state index contributed by atoms with van der Waals surface area (Å²) in [5.74, 6) is 1.34. The number of hydrogen-bond acceptors (Lipinski definition) is 7. The Kier molecular flexibility index (Phi) is 7.80. The number of nitrogens with one attached hydrogen (secondary N) is 1. The number of thiazole rings is 1. The Morgan fingerprint density at radius 3 is 2.34 bits per heavy atom. The number of rotatable bonds is 7. The lowest BCUT2D eigenvalue weighted by molar-refractivity contribution is -0.113. The average molecular weight is 606 g/mol. The highest BCUT2D eigenvalue weighted by molar-refractivity contribution is 7.07. The molecule has 0 aliphatic carbocycles. The van der Waals surface area contributed by atoms with Gasteiger partial charge in [0.25, 0.3) is 11.5 Å². The molecule has 0 spiro atoms. The molecule has 1 aliphatic heterocycles. The van der Waals surface area contributed by atoms with E-state index in [0.717, 1.165) is 21.9 Å². The first kappa shape index (κ1) is 28.9. The van der Waals surface area contributed by atoms with E-state index < -0.39 is 6.04 Å². The topological polar surface area (TPSA) is 91.2 Å². The predicted molar refractivity (Wildman–Crippen MR) is 174 cm³/mol. The maximum Gasteiger partial charge on any atom is 0.271 e. The molecule has 5 aromatic rings. The summed E-state index contributed by atoms with van der Waals surface area (Å²) in [4.78, 5) is 33.6. The van der Waals surface area contributed by atoms with E-state index in [9.17, 15) is 9.59 Å². The third-order valence-corrected chi connectivity index (χ3v) is 8.79. The van der Waals surface area contributed by atoms with Crippen LogP contribution in [0.3, 0.4) is 0 Å². The molecule has 0 fully saturated rings. The molecule has 222 valence electrons. The Hall–Kier alpha value is -5.15. The van der Waals surface area contributed by atoms with Crippen molar-refractivity contribution in [1.29, 1.82) is 0 Å². The number of carbonyl (C=O) groups excluding carboxylic acids is 1. The van der Waals surface area contributed by atoms with Crippen molar-refractivity contribution < 1.29 is 19.0 Å². The van der Waals surface area contributed by atoms with Crippen molar-refractivity contribution in [3.05, 3.63) is 127 Å². The standard InChI is InChI=1S/C35H31N3O5S/c1-20-10-6-9-13-26(20)37-33(39)31-21(2)36-35-38(32(31)23-15-17-28(42-4)29(18-23)43-5)34(40)30(44-35)19-25-24-12-8-7-11-22(24)14-16-27(25)41-3/h6-19,32H,1-5H3,(H,37,39). The number of anilines is 1. The number of methoxy groups -OCH3 is 3. The molecule has 1 unspecified atom stereocenters. The number of benzene rings is 4. The monoisotopic (exact) mass is 605 g/mol. The molecular weight excluding hydrogens is 574 g/mol. The molecule has 1 aliphatic rings. The molecule has 0 saturated carbocycles. The summed E-state index contributed by atoms with van der Waals surface area (Å²) in [6, 6.07) is 24.1. The van der Waals surface area contributed by atoms with Crippen LogP contribution in [0.15, 0.2) is 99.9 Å². The highest BCUT2D eigenvalue weighted by Crippen LogP contribution is 2.36. The molecule has 6 rings (SSSR count). The highest BCUT2D eigenvalue weighted by Gasteiger charge is 2.33. The van der Waals surface area contributed by atoms with E-state index in [-0.39, 0.29) is 11.5 Å². The van der Waals surface area contributed by atoms with Crippen molar-refractivity contribution in [3.63, 3.8) is 0 Å². The summed E-state index contributed by atoms with van der Waals surface area (Å²) in [7, 11) is 4.73. The summed E-state index contributed by atoms with van der Waals surface area (Å²) in [5.41, 5.74) is 3.70. The Balaban J connectivity index is 1.58. The van der Waals surface area contributed by atoms with E-state index in [4.69, 9.17) is 19.2 Å². The first-order valence-corrected chi connectivity index (χ1v) is 14.8. The zero-order valence-corrected chi connectivity index (χ0v) is 25.8. The fourth-order valence-corrected chi connectivity index (χ4v) is 6.61. The van der Waals surface area contributed by atoms with E-state index in [2.05, 4.69) is 5.32 Å². The van der Waals surface area contributed by atoms with Crippen LogP contribution in [0.2, 0.25) is 0 Å². The summed E-state index contributed by atoms with van der Waals surface area (Å²) < 4.78 is 18.8. The smallest absolute Gasteiger partial charge is 0.271 e. The quantitative estimate of drug-likeness (QED) is 0.270. The van der Waals surface area contributed by atoms with Crippen LogP contribution in [0.5, 0.6) is 17.2 Å². The van der Waals surface area contributed by atoms with Crippen molar-refractivity contribution in [2.75, 3.05) is 26.6 Å². The molecule has 2 heterocycles. The van der Waals surface area contributed by atoms with Crippen molar-refractivity contribution in [3.8, 4) is 17.2 Å². The molecule has 0 radical (unpaired) electrons. The molecule has 1 amide bonds. The Morgan fingerprint density at radius 1 is 0.886 bits per heavy atom. The molecule has 44 heavy (non-hydrogen) atoms. The maximum absolute atomic E-state index is 14.3. The van der Waals surface area contributed by atoms with E-state index in [1.54, 1.807) is 45.0 Å². The summed E-state index contributed by atoms with van der Waals surface area (Å²) >= 11 is 1.28. The molecular formula is C35H31N3O5S. The SMILES string of the molecule is COc1ccc(C2C(C(=O)Nc3ccccc3C)=C(C)N=c3sc(=Cc4c(OC)ccc5ccccc45)c(=O)n32)cc1OC. The van der Waals surface area contributed by atoms with Gasteiger partial charge in [0.05, 0.1) is 43.2 Å². The number of ether oxygens (including phenoxy) is 3. The zero-order valence-electron chi connectivity index (χ0n) is 25.0. The third-order valence-electron chi connectivity index (χ3n) is 7.81. The molecule has 0 bridgehead atoms. The molecule has 8 nitrogen and oxygen atoms in total. The van der Waals surface area contributed by atoms with Crippen LogP contribution in [0, 0.1) is 6.92 Å². The lowest BCUT2D eigenvalue weighted by Crippen LogP contribution is -2.40. The van der Waals surface area contributed by atoms with Crippen LogP contribution in [-0.4, -0.2) is 31.8 Å². The van der Waals surface area contributed by atoms with Crippen molar-refractivity contribution in [2.45, 2.75) is 19.9 Å². The minimum absolute atomic E-state index is 0.266. The average Bonchev–Trinajstić information content (AvgIpc) is 3.34. The number of carbonyl (C=O) groups is 1. The number of amides is 1. The largest absolute Gasteiger partial charge is 0.496 e. The van der Waals surface area contributed by atoms with Crippen molar-refractivity contribution in [1.82, 2.24) is 4.57 Å². The van der Waals surface area contributed by atoms with Gasteiger partial charge >= 0.3 is 0 Å². The first-order valence-electron chi connectivity index (χ1n) is 14.0. The normalized spacial score (nSPS) is 14.7. The van der Waals surface area contributed by atoms with E-state index >= 15 is 0 Å². The van der Waals surface area contributed by atoms with Crippen LogP contribution >= 0.6 is 11.3 Å². The number of aryl methyl sites for hydroxylation is 1. The number of fused-ring (bicyclic) bond motifs is 2. The lowest BCUT2D eigenvalue weighted by atomic mass is 9.94. The Morgan fingerprint density at radius 2 is 1.59 bits per heavy atom. The maximum atomic E-state index is 14.3. The van der Waals surface area contributed by atoms with Gasteiger partial charge in [0.2, 0.25) is 0 Å². The lowest BCUT2D eigenvalue weighted by Gasteiger charge is -2.26. The van der Waals surface area contributed by atoms with Crippen LogP contribution in [-0.2, 0) is 4.79 Å². The number of aromatic nitrogens is 1. The molecule has 1 aromatic heterocycles. The molecule has 1 N–H and O–H groups in total. The van der Waals surface area contributed by atoms with Gasteiger partial charge in [-0.2, -0.15) is 0 Å². The van der Waals surface area contributed by atoms with Crippen LogP contribution in [0.4, 0.5) is 5.69 Å². The van der Waals surface area contributed by atoms with Gasteiger partial charge in [0, 0.05) is 11.3 Å². The third kappa shape index (κ3) is 5.05. The highest BCUT2D eigenvalue weighted by atomic mass is 32.1. The minimum atomic E-state index is -0.772. The van der Waals surface area contributed by atoms with E-state index in [1.165, 1.54) is 11.3 Å². The van der Waals surface area contributed by atoms with Gasteiger partial charge in [0.15, 0.2) is 16.3 Å². The minimum Gasteiger partial charge on any atom is -0.496 e.